The zero-order valence-electron chi connectivity index (χ0n) is 8.68. The largest absolute Gasteiger partial charge is 0.478 e. The lowest BCUT2D eigenvalue weighted by Crippen LogP contribution is -2.20. The molecule has 0 aliphatic carbocycles. The summed E-state index contributed by atoms with van der Waals surface area (Å²) in [6.45, 7) is 0. The van der Waals surface area contributed by atoms with Gasteiger partial charge in [-0.05, 0) is 18.2 Å². The maximum atomic E-state index is 12.0. The highest BCUT2D eigenvalue weighted by Crippen LogP contribution is 2.16. The van der Waals surface area contributed by atoms with Crippen molar-refractivity contribution in [1.82, 2.24) is 0 Å². The fraction of sp³-hybridized carbons (Fsp3) is 0.100. The van der Waals surface area contributed by atoms with Crippen molar-refractivity contribution in [3.8, 4) is 0 Å². The number of hydrogen-bond donors (Lipinski definition) is 3. The lowest BCUT2D eigenvalue weighted by molar-refractivity contribution is -0.126. The van der Waals surface area contributed by atoms with Crippen LogP contribution in [0.5, 0.6) is 0 Å². The smallest absolute Gasteiger partial charge is 0.335 e. The molecule has 0 aliphatic rings. The number of aromatic carboxylic acids is 2. The summed E-state index contributed by atoms with van der Waals surface area (Å²) in [5.74, 6) is -4.52. The average Bonchev–Trinajstić information content (AvgIpc) is 2.28. The highest BCUT2D eigenvalue weighted by molar-refractivity contribution is 5.99. The normalized spacial score (nSPS) is 10.2. The summed E-state index contributed by atoms with van der Waals surface area (Å²) in [7, 11) is 0. The molecule has 0 atom stereocenters. The van der Waals surface area contributed by atoms with Crippen LogP contribution in [0, 0.1) is 0 Å². The Morgan fingerprint density at radius 3 is 1.78 bits per heavy atom. The first-order chi connectivity index (χ1) is 8.31. The van der Waals surface area contributed by atoms with Crippen LogP contribution in [-0.4, -0.2) is 34.5 Å². The monoisotopic (exact) mass is 259 g/mol. The van der Waals surface area contributed by atoms with Crippen LogP contribution in [0.3, 0.4) is 0 Å². The number of alkyl halides is 2. The van der Waals surface area contributed by atoms with E-state index in [1.807, 2.05) is 0 Å². The fourth-order valence-electron chi connectivity index (χ4n) is 1.14. The Hall–Kier alpha value is -2.51. The van der Waals surface area contributed by atoms with Crippen LogP contribution >= 0.6 is 0 Å². The molecular weight excluding hydrogens is 252 g/mol. The molecule has 0 unspecified atom stereocenters. The molecule has 96 valence electrons. The van der Waals surface area contributed by atoms with Crippen LogP contribution in [0.25, 0.3) is 0 Å². The van der Waals surface area contributed by atoms with E-state index in [4.69, 9.17) is 10.2 Å². The summed E-state index contributed by atoms with van der Waals surface area (Å²) in [6, 6.07) is 2.62. The highest BCUT2D eigenvalue weighted by Gasteiger charge is 2.17. The maximum Gasteiger partial charge on any atom is 0.335 e. The Labute approximate surface area is 98.8 Å². The van der Waals surface area contributed by atoms with Crippen molar-refractivity contribution >= 4 is 23.5 Å². The number of halogens is 2. The summed E-state index contributed by atoms with van der Waals surface area (Å²) in [5.41, 5.74) is -1.18. The molecule has 18 heavy (non-hydrogen) atoms. The summed E-state index contributed by atoms with van der Waals surface area (Å²) in [6.07, 6.45) is -3.29. The highest BCUT2D eigenvalue weighted by atomic mass is 19.3. The van der Waals surface area contributed by atoms with E-state index in [1.165, 1.54) is 0 Å². The summed E-state index contributed by atoms with van der Waals surface area (Å²) < 4.78 is 24.0. The van der Waals surface area contributed by atoms with Crippen LogP contribution in [-0.2, 0) is 4.79 Å². The Morgan fingerprint density at radius 2 is 1.44 bits per heavy atom. The minimum absolute atomic E-state index is 0.322. The van der Waals surface area contributed by atoms with Gasteiger partial charge in [0, 0.05) is 5.69 Å². The molecule has 0 spiro atoms. The first kappa shape index (κ1) is 13.6. The number of nitrogens with one attached hydrogen (secondary N) is 1. The van der Waals surface area contributed by atoms with Crippen molar-refractivity contribution in [2.75, 3.05) is 5.32 Å². The molecular formula is C10H7F2NO5. The second-order valence-corrected chi connectivity index (χ2v) is 3.20. The third-order valence-corrected chi connectivity index (χ3v) is 1.89. The first-order valence-corrected chi connectivity index (χ1v) is 4.52. The van der Waals surface area contributed by atoms with Crippen molar-refractivity contribution in [2.24, 2.45) is 0 Å². The van der Waals surface area contributed by atoms with Crippen LogP contribution < -0.4 is 5.32 Å². The number of carboxylic acids is 2. The van der Waals surface area contributed by atoms with E-state index in [0.717, 1.165) is 18.2 Å². The minimum Gasteiger partial charge on any atom is -0.478 e. The topological polar surface area (TPSA) is 104 Å². The molecule has 8 heteroatoms. The first-order valence-electron chi connectivity index (χ1n) is 4.52. The van der Waals surface area contributed by atoms with Crippen LogP contribution in [0.15, 0.2) is 18.2 Å². The molecule has 1 rings (SSSR count). The number of carbonyl (C=O) groups is 3. The molecule has 6 nitrogen and oxygen atoms in total. The van der Waals surface area contributed by atoms with E-state index in [-0.39, 0.29) is 5.69 Å². The van der Waals surface area contributed by atoms with Crippen LogP contribution in [0.1, 0.15) is 20.7 Å². The van der Waals surface area contributed by atoms with Crippen molar-refractivity contribution in [2.45, 2.75) is 6.43 Å². The predicted molar refractivity (Wildman–Crippen MR) is 55.0 cm³/mol. The molecule has 1 aromatic rings. The van der Waals surface area contributed by atoms with Crippen molar-refractivity contribution in [3.63, 3.8) is 0 Å². The molecule has 0 radical (unpaired) electrons. The number of rotatable bonds is 4. The fourth-order valence-corrected chi connectivity index (χ4v) is 1.14. The van der Waals surface area contributed by atoms with Gasteiger partial charge in [-0.3, -0.25) is 4.79 Å². The predicted octanol–water partition coefficient (Wildman–Crippen LogP) is 1.29. The molecule has 0 heterocycles. The van der Waals surface area contributed by atoms with E-state index in [1.54, 1.807) is 5.32 Å². The van der Waals surface area contributed by atoms with Gasteiger partial charge in [0.15, 0.2) is 0 Å². The molecule has 0 fully saturated rings. The number of carbonyl (C=O) groups excluding carboxylic acids is 1. The van der Waals surface area contributed by atoms with Crippen LogP contribution in [0.4, 0.5) is 14.5 Å². The minimum atomic E-state index is -3.29. The zero-order valence-corrected chi connectivity index (χ0v) is 8.68. The molecule has 3 N–H and O–H groups in total. The summed E-state index contributed by atoms with van der Waals surface area (Å²) in [5, 5.41) is 19.1. The number of benzene rings is 1. The van der Waals surface area contributed by atoms with E-state index in [2.05, 4.69) is 0 Å². The molecule has 1 aromatic carbocycles. The Balaban J connectivity index is 3.15. The van der Waals surface area contributed by atoms with Gasteiger partial charge in [0.25, 0.3) is 5.91 Å². The summed E-state index contributed by atoms with van der Waals surface area (Å²) >= 11 is 0. The SMILES string of the molecule is O=C(O)c1cc(NC(=O)C(F)F)cc(C(=O)O)c1. The van der Waals surface area contributed by atoms with Crippen molar-refractivity contribution in [3.05, 3.63) is 29.3 Å². The van der Waals surface area contributed by atoms with Gasteiger partial charge in [-0.15, -0.1) is 0 Å². The second-order valence-electron chi connectivity index (χ2n) is 3.20. The van der Waals surface area contributed by atoms with Gasteiger partial charge in [0.05, 0.1) is 11.1 Å². The summed E-state index contributed by atoms with van der Waals surface area (Å²) in [4.78, 5) is 32.1. The quantitative estimate of drug-likeness (QED) is 0.755. The Kier molecular flexibility index (Phi) is 3.93. The van der Waals surface area contributed by atoms with Gasteiger partial charge in [-0.2, -0.15) is 8.78 Å². The van der Waals surface area contributed by atoms with Gasteiger partial charge < -0.3 is 15.5 Å². The molecule has 0 aliphatic heterocycles. The number of anilines is 1. The number of hydrogen-bond acceptors (Lipinski definition) is 3. The van der Waals surface area contributed by atoms with E-state index in [9.17, 15) is 23.2 Å². The lowest BCUT2D eigenvalue weighted by Gasteiger charge is -2.07. The van der Waals surface area contributed by atoms with Crippen molar-refractivity contribution in [1.29, 1.82) is 0 Å². The van der Waals surface area contributed by atoms with E-state index < -0.39 is 35.4 Å². The Morgan fingerprint density at radius 1 is 1.00 bits per heavy atom. The average molecular weight is 259 g/mol. The van der Waals surface area contributed by atoms with Gasteiger partial charge in [0.2, 0.25) is 0 Å². The molecule has 0 aromatic heterocycles. The maximum absolute atomic E-state index is 12.0. The molecule has 1 amide bonds. The van der Waals surface area contributed by atoms with E-state index >= 15 is 0 Å². The van der Waals surface area contributed by atoms with Gasteiger partial charge >= 0.3 is 18.4 Å². The van der Waals surface area contributed by atoms with Crippen molar-refractivity contribution < 1.29 is 33.4 Å². The molecule has 0 saturated heterocycles. The van der Waals surface area contributed by atoms with Gasteiger partial charge in [-0.1, -0.05) is 0 Å². The number of carboxylic acid groups (broad SMARTS) is 2. The van der Waals surface area contributed by atoms with Crippen LogP contribution in [0.2, 0.25) is 0 Å². The Bertz CT molecular complexity index is 483. The molecule has 0 bridgehead atoms. The van der Waals surface area contributed by atoms with Gasteiger partial charge in [0.1, 0.15) is 0 Å². The third-order valence-electron chi connectivity index (χ3n) is 1.89. The lowest BCUT2D eigenvalue weighted by atomic mass is 10.1. The second kappa shape index (κ2) is 5.21. The standard InChI is InChI=1S/C10H7F2NO5/c11-7(12)8(14)13-6-2-4(9(15)16)1-5(3-6)10(17)18/h1-3,7H,(H,13,14)(H,15,16)(H,17,18). The number of amides is 1. The third kappa shape index (κ3) is 3.24. The van der Waals surface area contributed by atoms with E-state index in [0.29, 0.717) is 0 Å². The molecule has 0 saturated carbocycles. The zero-order chi connectivity index (χ0) is 13.9. The van der Waals surface area contributed by atoms with Gasteiger partial charge in [-0.25, -0.2) is 9.59 Å².